The molecule has 0 saturated carbocycles. The van der Waals surface area contributed by atoms with Crippen LogP contribution in [0.2, 0.25) is 0 Å². The van der Waals surface area contributed by atoms with E-state index in [0.29, 0.717) is 6.54 Å². The second-order valence-electron chi connectivity index (χ2n) is 6.61. The fraction of sp³-hybridized carbons (Fsp3) is 0.368. The van der Waals surface area contributed by atoms with Crippen LogP contribution in [-0.4, -0.2) is 44.8 Å². The molecule has 1 aliphatic heterocycles. The van der Waals surface area contributed by atoms with Crippen molar-refractivity contribution in [2.24, 2.45) is 7.05 Å². The first-order chi connectivity index (χ1) is 12.1. The van der Waals surface area contributed by atoms with Gasteiger partial charge >= 0.3 is 0 Å². The molecule has 0 spiro atoms. The van der Waals surface area contributed by atoms with Crippen LogP contribution < -0.4 is 5.32 Å². The smallest absolute Gasteiger partial charge is 0.253 e. The Balaban J connectivity index is 1.41. The number of hydrogen-bond donors (Lipinski definition) is 1. The summed E-state index contributed by atoms with van der Waals surface area (Å²) in [6.07, 6.45) is 1.85. The predicted octanol–water partition coefficient (Wildman–Crippen LogP) is 1.93. The summed E-state index contributed by atoms with van der Waals surface area (Å²) in [5.74, 6) is 0.0105. The van der Waals surface area contributed by atoms with E-state index in [4.69, 9.17) is 0 Å². The molecule has 0 fully saturated rings. The number of rotatable bonds is 4. The first-order valence-corrected chi connectivity index (χ1v) is 8.70. The molecule has 4 rings (SSSR count). The third-order valence-electron chi connectivity index (χ3n) is 5.16. The first-order valence-electron chi connectivity index (χ1n) is 8.70. The van der Waals surface area contributed by atoms with Gasteiger partial charge in [0, 0.05) is 56.0 Å². The molecule has 1 aromatic carbocycles. The molecule has 0 unspecified atom stereocenters. The van der Waals surface area contributed by atoms with Crippen molar-refractivity contribution in [2.45, 2.75) is 20.0 Å². The van der Waals surface area contributed by atoms with Crippen molar-refractivity contribution < 1.29 is 4.79 Å². The highest BCUT2D eigenvalue weighted by Gasteiger charge is 2.19. The van der Waals surface area contributed by atoms with Gasteiger partial charge in [0.15, 0.2) is 0 Å². The lowest BCUT2D eigenvalue weighted by molar-refractivity contribution is 0.0946. The van der Waals surface area contributed by atoms with Crippen LogP contribution in [0.25, 0.3) is 10.9 Å². The van der Waals surface area contributed by atoms with Crippen LogP contribution in [0.4, 0.5) is 0 Å². The first kappa shape index (κ1) is 15.9. The number of amides is 1. The van der Waals surface area contributed by atoms with E-state index in [1.54, 1.807) is 0 Å². The number of aryl methyl sites for hydroxylation is 1. The van der Waals surface area contributed by atoms with E-state index in [-0.39, 0.29) is 5.91 Å². The average molecular weight is 337 g/mol. The Kier molecular flexibility index (Phi) is 4.05. The van der Waals surface area contributed by atoms with Gasteiger partial charge in [0.05, 0.1) is 17.8 Å². The Morgan fingerprint density at radius 1 is 1.24 bits per heavy atom. The van der Waals surface area contributed by atoms with Crippen molar-refractivity contribution in [3.63, 3.8) is 0 Å². The van der Waals surface area contributed by atoms with E-state index in [1.165, 1.54) is 5.69 Å². The average Bonchev–Trinajstić information content (AvgIpc) is 3.18. The molecule has 0 aliphatic carbocycles. The fourth-order valence-electron chi connectivity index (χ4n) is 3.65. The number of benzene rings is 1. The summed E-state index contributed by atoms with van der Waals surface area (Å²) in [6.45, 7) is 6.27. The minimum atomic E-state index is 0.0105. The maximum atomic E-state index is 12.7. The number of nitrogens with one attached hydrogen (secondary N) is 1. The van der Waals surface area contributed by atoms with Gasteiger partial charge in [-0.2, -0.15) is 5.10 Å². The van der Waals surface area contributed by atoms with Gasteiger partial charge in [0.2, 0.25) is 0 Å². The Hall–Kier alpha value is -2.60. The molecule has 6 nitrogen and oxygen atoms in total. The predicted molar refractivity (Wildman–Crippen MR) is 97.5 cm³/mol. The second kappa shape index (κ2) is 6.37. The third-order valence-corrected chi connectivity index (χ3v) is 5.16. The lowest BCUT2D eigenvalue weighted by Crippen LogP contribution is -2.39. The van der Waals surface area contributed by atoms with Gasteiger partial charge in [-0.25, -0.2) is 0 Å². The summed E-state index contributed by atoms with van der Waals surface area (Å²) in [4.78, 5) is 15.1. The van der Waals surface area contributed by atoms with E-state index in [1.807, 2.05) is 38.4 Å². The van der Waals surface area contributed by atoms with Gasteiger partial charge in [-0.1, -0.05) is 18.2 Å². The van der Waals surface area contributed by atoms with Crippen LogP contribution in [-0.2, 0) is 20.1 Å². The van der Waals surface area contributed by atoms with Gasteiger partial charge in [-0.3, -0.25) is 14.4 Å². The number of aromatic nitrogens is 3. The number of fused-ring (bicyclic) bond motifs is 2. The van der Waals surface area contributed by atoms with Crippen LogP contribution in [0.3, 0.4) is 0 Å². The van der Waals surface area contributed by atoms with E-state index >= 15 is 0 Å². The molecular formula is C19H23N5O. The Labute approximate surface area is 147 Å². The Morgan fingerprint density at radius 2 is 2.08 bits per heavy atom. The minimum absolute atomic E-state index is 0.0105. The molecule has 2 aromatic heterocycles. The highest BCUT2D eigenvalue weighted by atomic mass is 16.1. The minimum Gasteiger partial charge on any atom is -0.351 e. The van der Waals surface area contributed by atoms with Gasteiger partial charge in [-0.15, -0.1) is 0 Å². The summed E-state index contributed by atoms with van der Waals surface area (Å²) in [7, 11) is 2.01. The van der Waals surface area contributed by atoms with Crippen molar-refractivity contribution in [1.82, 2.24) is 24.6 Å². The zero-order chi connectivity index (χ0) is 17.4. The number of carbonyl (C=O) groups excluding carboxylic acids is 1. The molecule has 1 N–H and O–H groups in total. The normalized spacial score (nSPS) is 14.6. The SMILES string of the molecule is Cc1c(C(=O)NCCN2CCn3nccc3C2)c2ccccc2n1C. The van der Waals surface area contributed by atoms with Crippen molar-refractivity contribution in [3.05, 3.63) is 53.5 Å². The summed E-state index contributed by atoms with van der Waals surface area (Å²) in [5.41, 5.74) is 4.12. The summed E-state index contributed by atoms with van der Waals surface area (Å²) in [5, 5.41) is 8.41. The molecule has 3 aromatic rings. The largest absolute Gasteiger partial charge is 0.351 e. The molecular weight excluding hydrogens is 314 g/mol. The van der Waals surface area contributed by atoms with E-state index in [9.17, 15) is 4.79 Å². The van der Waals surface area contributed by atoms with Gasteiger partial charge < -0.3 is 9.88 Å². The highest BCUT2D eigenvalue weighted by Crippen LogP contribution is 2.24. The van der Waals surface area contributed by atoms with Crippen LogP contribution in [0.15, 0.2) is 36.5 Å². The van der Waals surface area contributed by atoms with Crippen molar-refractivity contribution >= 4 is 16.8 Å². The van der Waals surface area contributed by atoms with Crippen LogP contribution in [0.1, 0.15) is 21.7 Å². The van der Waals surface area contributed by atoms with E-state index in [2.05, 4.69) is 36.7 Å². The maximum Gasteiger partial charge on any atom is 0.253 e. The number of carbonyl (C=O) groups is 1. The summed E-state index contributed by atoms with van der Waals surface area (Å²) < 4.78 is 4.13. The number of para-hydroxylation sites is 1. The lowest BCUT2D eigenvalue weighted by atomic mass is 10.1. The zero-order valence-corrected chi connectivity index (χ0v) is 14.7. The molecule has 25 heavy (non-hydrogen) atoms. The molecule has 0 bridgehead atoms. The molecule has 1 amide bonds. The Bertz CT molecular complexity index is 923. The zero-order valence-electron chi connectivity index (χ0n) is 14.7. The molecule has 3 heterocycles. The molecule has 130 valence electrons. The van der Waals surface area contributed by atoms with Crippen LogP contribution in [0.5, 0.6) is 0 Å². The van der Waals surface area contributed by atoms with Gasteiger partial charge in [0.1, 0.15) is 0 Å². The summed E-state index contributed by atoms with van der Waals surface area (Å²) >= 11 is 0. The summed E-state index contributed by atoms with van der Waals surface area (Å²) in [6, 6.07) is 10.1. The standard InChI is InChI=1S/C19H23N5O/c1-14-18(16-5-3-4-6-17(16)22(14)2)19(25)20-9-10-23-11-12-24-15(13-23)7-8-21-24/h3-8H,9-13H2,1-2H3,(H,20,25). The van der Waals surface area contributed by atoms with E-state index < -0.39 is 0 Å². The molecule has 0 atom stereocenters. The second-order valence-corrected chi connectivity index (χ2v) is 6.61. The molecule has 1 aliphatic rings. The van der Waals surface area contributed by atoms with Gasteiger partial charge in [-0.05, 0) is 19.1 Å². The van der Waals surface area contributed by atoms with E-state index in [0.717, 1.165) is 48.3 Å². The highest BCUT2D eigenvalue weighted by molar-refractivity contribution is 6.08. The molecule has 0 saturated heterocycles. The quantitative estimate of drug-likeness (QED) is 0.791. The Morgan fingerprint density at radius 3 is 2.96 bits per heavy atom. The van der Waals surface area contributed by atoms with Crippen LogP contribution in [0, 0.1) is 6.92 Å². The number of hydrogen-bond acceptors (Lipinski definition) is 3. The number of nitrogens with zero attached hydrogens (tertiary/aromatic N) is 4. The fourth-order valence-corrected chi connectivity index (χ4v) is 3.65. The van der Waals surface area contributed by atoms with Gasteiger partial charge in [0.25, 0.3) is 5.91 Å². The van der Waals surface area contributed by atoms with Crippen molar-refractivity contribution in [3.8, 4) is 0 Å². The lowest BCUT2D eigenvalue weighted by Gasteiger charge is -2.27. The van der Waals surface area contributed by atoms with Crippen LogP contribution >= 0.6 is 0 Å². The van der Waals surface area contributed by atoms with Crippen molar-refractivity contribution in [2.75, 3.05) is 19.6 Å². The monoisotopic (exact) mass is 337 g/mol. The maximum absolute atomic E-state index is 12.7. The van der Waals surface area contributed by atoms with Crippen molar-refractivity contribution in [1.29, 1.82) is 0 Å². The third kappa shape index (κ3) is 2.82. The molecule has 6 heteroatoms. The molecule has 0 radical (unpaired) electrons. The topological polar surface area (TPSA) is 55.1 Å².